The van der Waals surface area contributed by atoms with Gasteiger partial charge in [-0.15, -0.1) is 12.4 Å². The Morgan fingerprint density at radius 1 is 1.04 bits per heavy atom. The molecule has 0 saturated carbocycles. The van der Waals surface area contributed by atoms with E-state index in [0.29, 0.717) is 11.6 Å². The molecule has 1 aliphatic rings. The van der Waals surface area contributed by atoms with Crippen LogP contribution in [0.25, 0.3) is 0 Å². The van der Waals surface area contributed by atoms with Gasteiger partial charge in [0.15, 0.2) is 0 Å². The SMILES string of the molecule is CC(C)N1CCc2ccc(N(C)c3ccc(C#N)cc3)cc2C1.Cl. The summed E-state index contributed by atoms with van der Waals surface area (Å²) >= 11 is 0. The molecule has 1 heterocycles. The molecule has 2 aromatic carbocycles. The van der Waals surface area contributed by atoms with Crippen LogP contribution in [0.15, 0.2) is 42.5 Å². The summed E-state index contributed by atoms with van der Waals surface area (Å²) in [4.78, 5) is 4.70. The Morgan fingerprint density at radius 3 is 2.33 bits per heavy atom. The molecule has 0 spiro atoms. The Morgan fingerprint density at radius 2 is 1.71 bits per heavy atom. The molecule has 3 nitrogen and oxygen atoms in total. The molecular formula is C20H24ClN3. The average Bonchev–Trinajstić information content (AvgIpc) is 2.60. The predicted molar refractivity (Wildman–Crippen MR) is 102 cm³/mol. The number of nitrogens with zero attached hydrogens (tertiary/aromatic N) is 3. The fraction of sp³-hybridized carbons (Fsp3) is 0.350. The molecule has 0 N–H and O–H groups in total. The molecule has 0 aliphatic carbocycles. The number of hydrogen-bond acceptors (Lipinski definition) is 3. The Bertz CT molecular complexity index is 732. The zero-order valence-electron chi connectivity index (χ0n) is 14.5. The Labute approximate surface area is 150 Å². The Balaban J connectivity index is 0.00000208. The molecule has 0 radical (unpaired) electrons. The second-order valence-corrected chi connectivity index (χ2v) is 6.48. The lowest BCUT2D eigenvalue weighted by Gasteiger charge is -2.32. The monoisotopic (exact) mass is 341 g/mol. The van der Waals surface area contributed by atoms with Gasteiger partial charge in [-0.05, 0) is 67.8 Å². The van der Waals surface area contributed by atoms with Gasteiger partial charge in [-0.1, -0.05) is 6.07 Å². The van der Waals surface area contributed by atoms with Crippen molar-refractivity contribution in [3.05, 3.63) is 59.2 Å². The standard InChI is InChI=1S/C20H23N3.ClH/c1-15(2)23-11-10-17-6-9-20(12-18(17)14-23)22(3)19-7-4-16(13-21)5-8-19;/h4-9,12,15H,10-11,14H2,1-3H3;1H. The maximum atomic E-state index is 8.92. The molecule has 0 aromatic heterocycles. The van der Waals surface area contributed by atoms with E-state index in [0.717, 1.165) is 25.2 Å². The van der Waals surface area contributed by atoms with Crippen LogP contribution in [0.2, 0.25) is 0 Å². The number of anilines is 2. The van der Waals surface area contributed by atoms with E-state index < -0.39 is 0 Å². The molecule has 3 rings (SSSR count). The van der Waals surface area contributed by atoms with Gasteiger partial charge < -0.3 is 4.90 Å². The summed E-state index contributed by atoms with van der Waals surface area (Å²) in [5.41, 5.74) is 5.89. The van der Waals surface area contributed by atoms with Gasteiger partial charge in [0.05, 0.1) is 11.6 Å². The van der Waals surface area contributed by atoms with E-state index in [1.807, 2.05) is 24.3 Å². The minimum Gasteiger partial charge on any atom is -0.345 e. The highest BCUT2D eigenvalue weighted by atomic mass is 35.5. The number of benzene rings is 2. The number of rotatable bonds is 3. The summed E-state index contributed by atoms with van der Waals surface area (Å²) in [5, 5.41) is 8.92. The van der Waals surface area contributed by atoms with Crippen molar-refractivity contribution >= 4 is 23.8 Å². The van der Waals surface area contributed by atoms with Crippen molar-refractivity contribution in [3.63, 3.8) is 0 Å². The highest BCUT2D eigenvalue weighted by Crippen LogP contribution is 2.29. The van der Waals surface area contributed by atoms with Crippen LogP contribution in [-0.4, -0.2) is 24.5 Å². The molecule has 4 heteroatoms. The van der Waals surface area contributed by atoms with Gasteiger partial charge in [0, 0.05) is 37.6 Å². The van der Waals surface area contributed by atoms with Crippen LogP contribution in [0.1, 0.15) is 30.5 Å². The van der Waals surface area contributed by atoms with Crippen molar-refractivity contribution in [2.45, 2.75) is 32.9 Å². The van der Waals surface area contributed by atoms with E-state index in [1.165, 1.54) is 16.8 Å². The minimum atomic E-state index is 0. The van der Waals surface area contributed by atoms with Crippen LogP contribution < -0.4 is 4.90 Å². The van der Waals surface area contributed by atoms with Gasteiger partial charge in [0.1, 0.15) is 0 Å². The maximum absolute atomic E-state index is 8.92. The van der Waals surface area contributed by atoms with Gasteiger partial charge in [0.2, 0.25) is 0 Å². The van der Waals surface area contributed by atoms with E-state index >= 15 is 0 Å². The molecule has 0 saturated heterocycles. The maximum Gasteiger partial charge on any atom is 0.0991 e. The van der Waals surface area contributed by atoms with Crippen molar-refractivity contribution in [2.24, 2.45) is 0 Å². The predicted octanol–water partition coefficient (Wildman–Crippen LogP) is 4.51. The van der Waals surface area contributed by atoms with Crippen molar-refractivity contribution in [3.8, 4) is 6.07 Å². The van der Waals surface area contributed by atoms with Crippen LogP contribution in [0.4, 0.5) is 11.4 Å². The minimum absolute atomic E-state index is 0. The molecule has 126 valence electrons. The average molecular weight is 342 g/mol. The molecule has 0 amide bonds. The quantitative estimate of drug-likeness (QED) is 0.822. The van der Waals surface area contributed by atoms with Crippen molar-refractivity contribution in [1.82, 2.24) is 4.90 Å². The first-order chi connectivity index (χ1) is 11.1. The molecule has 0 bridgehead atoms. The van der Waals surface area contributed by atoms with Crippen molar-refractivity contribution < 1.29 is 0 Å². The summed E-state index contributed by atoms with van der Waals surface area (Å²) in [6.45, 7) is 6.70. The summed E-state index contributed by atoms with van der Waals surface area (Å²) in [6, 6.07) is 17.3. The Hall–Kier alpha value is -2.02. The van der Waals surface area contributed by atoms with E-state index in [-0.39, 0.29) is 12.4 Å². The summed E-state index contributed by atoms with van der Waals surface area (Å²) < 4.78 is 0. The van der Waals surface area contributed by atoms with E-state index in [4.69, 9.17) is 5.26 Å². The summed E-state index contributed by atoms with van der Waals surface area (Å²) in [7, 11) is 2.08. The van der Waals surface area contributed by atoms with Crippen LogP contribution >= 0.6 is 12.4 Å². The molecule has 0 atom stereocenters. The van der Waals surface area contributed by atoms with Gasteiger partial charge in [-0.2, -0.15) is 5.26 Å². The third-order valence-electron chi connectivity index (χ3n) is 4.73. The van der Waals surface area contributed by atoms with E-state index in [9.17, 15) is 0 Å². The summed E-state index contributed by atoms with van der Waals surface area (Å²) in [6.07, 6.45) is 1.13. The lowest BCUT2D eigenvalue weighted by Crippen LogP contribution is -2.35. The van der Waals surface area contributed by atoms with Crippen LogP contribution in [0.3, 0.4) is 0 Å². The zero-order valence-corrected chi connectivity index (χ0v) is 15.3. The molecule has 0 unspecified atom stereocenters. The lowest BCUT2D eigenvalue weighted by molar-refractivity contribution is 0.203. The fourth-order valence-corrected chi connectivity index (χ4v) is 3.12. The smallest absolute Gasteiger partial charge is 0.0991 e. The number of halogens is 1. The zero-order chi connectivity index (χ0) is 16.4. The lowest BCUT2D eigenvalue weighted by atomic mass is 9.98. The normalized spacial score (nSPS) is 13.8. The highest BCUT2D eigenvalue weighted by Gasteiger charge is 2.19. The third kappa shape index (κ3) is 3.72. The number of fused-ring (bicyclic) bond motifs is 1. The number of hydrogen-bond donors (Lipinski definition) is 0. The molecule has 1 aliphatic heterocycles. The van der Waals surface area contributed by atoms with Crippen LogP contribution in [-0.2, 0) is 13.0 Å². The second kappa shape index (κ2) is 7.70. The van der Waals surface area contributed by atoms with Crippen molar-refractivity contribution in [1.29, 1.82) is 5.26 Å². The first-order valence-electron chi connectivity index (χ1n) is 8.18. The molecule has 24 heavy (non-hydrogen) atoms. The van der Waals surface area contributed by atoms with Gasteiger partial charge in [-0.3, -0.25) is 4.90 Å². The Kier molecular flexibility index (Phi) is 5.88. The molecular weight excluding hydrogens is 318 g/mol. The fourth-order valence-electron chi connectivity index (χ4n) is 3.12. The third-order valence-corrected chi connectivity index (χ3v) is 4.73. The van der Waals surface area contributed by atoms with Crippen molar-refractivity contribution in [2.75, 3.05) is 18.5 Å². The van der Waals surface area contributed by atoms with Gasteiger partial charge in [-0.25, -0.2) is 0 Å². The molecule has 0 fully saturated rings. The van der Waals surface area contributed by atoms with E-state index in [2.05, 4.69) is 55.0 Å². The first-order valence-corrected chi connectivity index (χ1v) is 8.18. The topological polar surface area (TPSA) is 30.3 Å². The largest absolute Gasteiger partial charge is 0.345 e. The van der Waals surface area contributed by atoms with Gasteiger partial charge in [0.25, 0.3) is 0 Å². The molecule has 2 aromatic rings. The van der Waals surface area contributed by atoms with Gasteiger partial charge >= 0.3 is 0 Å². The second-order valence-electron chi connectivity index (χ2n) is 6.48. The van der Waals surface area contributed by atoms with E-state index in [1.54, 1.807) is 0 Å². The number of nitriles is 1. The first kappa shape index (κ1) is 18.3. The van der Waals surface area contributed by atoms with Crippen LogP contribution in [0, 0.1) is 11.3 Å². The summed E-state index contributed by atoms with van der Waals surface area (Å²) in [5.74, 6) is 0. The van der Waals surface area contributed by atoms with Crippen LogP contribution in [0.5, 0.6) is 0 Å². The highest BCUT2D eigenvalue weighted by molar-refractivity contribution is 5.85.